The molecule has 0 aliphatic heterocycles. The molecule has 1 amide bonds. The van der Waals surface area contributed by atoms with Gasteiger partial charge in [0.1, 0.15) is 6.10 Å². The minimum atomic E-state index is -4.39. The smallest absolute Gasteiger partial charge is 0.266 e. The Bertz CT molecular complexity index is 773. The summed E-state index contributed by atoms with van der Waals surface area (Å²) >= 11 is 0. The van der Waals surface area contributed by atoms with Crippen LogP contribution in [-0.4, -0.2) is 53.1 Å². The van der Waals surface area contributed by atoms with E-state index in [1.54, 1.807) is 0 Å². The average molecular weight is 646 g/mol. The van der Waals surface area contributed by atoms with E-state index in [0.717, 1.165) is 51.4 Å². The van der Waals surface area contributed by atoms with E-state index < -0.39 is 40.0 Å². The minimum Gasteiger partial charge on any atom is -0.391 e. The van der Waals surface area contributed by atoms with Gasteiger partial charge in [-0.1, -0.05) is 161 Å². The molecule has 0 radical (unpaired) electrons. The molecule has 7 nitrogen and oxygen atoms in total. The molecule has 0 heterocycles. The number of carbonyl (C=O) groups is 1. The van der Waals surface area contributed by atoms with E-state index in [4.69, 9.17) is 0 Å². The molecule has 8 heteroatoms. The quantitative estimate of drug-likeness (QED) is 0.0320. The van der Waals surface area contributed by atoms with Gasteiger partial charge in [0, 0.05) is 0 Å². The normalized spacial score (nSPS) is 14.2. The SMILES string of the molecule is CCCCCCCCCCCCC/C=C\CCCCCCCCC(O)C(=O)NC(CS(=O)(=O)O)C(O)CCCCCCCC. The van der Waals surface area contributed by atoms with Crippen LogP contribution in [0.25, 0.3) is 0 Å². The van der Waals surface area contributed by atoms with Gasteiger partial charge in [-0.05, 0) is 38.5 Å². The molecule has 0 aromatic rings. The van der Waals surface area contributed by atoms with Crippen molar-refractivity contribution >= 4 is 16.0 Å². The van der Waals surface area contributed by atoms with Crippen LogP contribution in [0.1, 0.15) is 187 Å². The van der Waals surface area contributed by atoms with Crippen LogP contribution in [0, 0.1) is 0 Å². The maximum Gasteiger partial charge on any atom is 0.266 e. The number of nitrogens with one attached hydrogen (secondary N) is 1. The Labute approximate surface area is 272 Å². The van der Waals surface area contributed by atoms with Gasteiger partial charge in [0.05, 0.1) is 17.9 Å². The van der Waals surface area contributed by atoms with Gasteiger partial charge in [0.2, 0.25) is 5.91 Å². The van der Waals surface area contributed by atoms with Crippen molar-refractivity contribution in [3.05, 3.63) is 12.2 Å². The standard InChI is InChI=1S/C36H71NO6S/c1-3-5-7-9-11-12-13-14-15-16-17-18-19-20-21-22-23-24-25-27-29-31-35(39)36(40)37-33(32-44(41,42)43)34(38)30-28-26-10-8-6-4-2/h19-20,33-35,38-39H,3-18,21-32H2,1-2H3,(H,37,40)(H,41,42,43)/b20-19-. The molecule has 0 bridgehead atoms. The van der Waals surface area contributed by atoms with E-state index in [9.17, 15) is 28.0 Å². The first-order valence-electron chi connectivity index (χ1n) is 18.5. The second-order valence-electron chi connectivity index (χ2n) is 13.0. The highest BCUT2D eigenvalue weighted by Crippen LogP contribution is 2.15. The number of hydrogen-bond donors (Lipinski definition) is 4. The van der Waals surface area contributed by atoms with E-state index in [0.29, 0.717) is 25.7 Å². The highest BCUT2D eigenvalue weighted by molar-refractivity contribution is 7.85. The Hall–Kier alpha value is -0.960. The van der Waals surface area contributed by atoms with Gasteiger partial charge < -0.3 is 15.5 Å². The molecule has 0 aliphatic carbocycles. The van der Waals surface area contributed by atoms with E-state index in [1.165, 1.54) is 96.3 Å². The van der Waals surface area contributed by atoms with Crippen molar-refractivity contribution in [1.29, 1.82) is 0 Å². The summed E-state index contributed by atoms with van der Waals surface area (Å²) in [5.74, 6) is -1.46. The van der Waals surface area contributed by atoms with Gasteiger partial charge in [0.25, 0.3) is 10.1 Å². The first kappa shape index (κ1) is 43.0. The lowest BCUT2D eigenvalue weighted by atomic mass is 10.0. The molecule has 0 aliphatic rings. The van der Waals surface area contributed by atoms with E-state index in [2.05, 4.69) is 31.3 Å². The van der Waals surface area contributed by atoms with Gasteiger partial charge >= 0.3 is 0 Å². The number of hydrogen-bond acceptors (Lipinski definition) is 5. The molecule has 0 saturated heterocycles. The summed E-state index contributed by atoms with van der Waals surface area (Å²) < 4.78 is 32.2. The topological polar surface area (TPSA) is 124 Å². The van der Waals surface area contributed by atoms with Crippen molar-refractivity contribution in [3.8, 4) is 0 Å². The Balaban J connectivity index is 3.85. The van der Waals surface area contributed by atoms with E-state index in [1.807, 2.05) is 0 Å². The lowest BCUT2D eigenvalue weighted by molar-refractivity contribution is -0.131. The van der Waals surface area contributed by atoms with Crippen LogP contribution in [0.2, 0.25) is 0 Å². The molecule has 262 valence electrons. The molecular weight excluding hydrogens is 574 g/mol. The number of aliphatic hydroxyl groups is 2. The predicted octanol–water partition coefficient (Wildman–Crippen LogP) is 9.21. The van der Waals surface area contributed by atoms with Gasteiger partial charge in [-0.15, -0.1) is 0 Å². The molecule has 0 spiro atoms. The van der Waals surface area contributed by atoms with Gasteiger partial charge in [-0.25, -0.2) is 0 Å². The first-order valence-corrected chi connectivity index (χ1v) is 20.1. The molecule has 3 unspecified atom stereocenters. The van der Waals surface area contributed by atoms with Crippen LogP contribution < -0.4 is 5.32 Å². The molecule has 3 atom stereocenters. The van der Waals surface area contributed by atoms with Crippen LogP contribution >= 0.6 is 0 Å². The molecular formula is C36H71NO6S. The van der Waals surface area contributed by atoms with Gasteiger partial charge in [-0.3, -0.25) is 9.35 Å². The van der Waals surface area contributed by atoms with Crippen molar-refractivity contribution in [2.24, 2.45) is 0 Å². The first-order chi connectivity index (χ1) is 21.2. The summed E-state index contributed by atoms with van der Waals surface area (Å²) in [6.07, 6.45) is 32.8. The second-order valence-corrected chi connectivity index (χ2v) is 14.5. The molecule has 0 rings (SSSR count). The van der Waals surface area contributed by atoms with Gasteiger partial charge in [-0.2, -0.15) is 8.42 Å². The average Bonchev–Trinajstić information content (AvgIpc) is 2.98. The number of carbonyl (C=O) groups excluding carboxylic acids is 1. The monoisotopic (exact) mass is 646 g/mol. The van der Waals surface area contributed by atoms with Crippen LogP contribution in [0.4, 0.5) is 0 Å². The molecule has 0 aromatic heterocycles. The fraction of sp³-hybridized carbons (Fsp3) is 0.917. The zero-order valence-corrected chi connectivity index (χ0v) is 29.5. The van der Waals surface area contributed by atoms with Crippen LogP contribution in [0.3, 0.4) is 0 Å². The molecule has 44 heavy (non-hydrogen) atoms. The third kappa shape index (κ3) is 29.7. The molecule has 0 saturated carbocycles. The van der Waals surface area contributed by atoms with Crippen molar-refractivity contribution in [1.82, 2.24) is 5.32 Å². The largest absolute Gasteiger partial charge is 0.391 e. The van der Waals surface area contributed by atoms with Crippen molar-refractivity contribution < 1.29 is 28.0 Å². The van der Waals surface area contributed by atoms with Gasteiger partial charge in [0.15, 0.2) is 0 Å². The highest BCUT2D eigenvalue weighted by atomic mass is 32.2. The Kier molecular flexibility index (Phi) is 30.0. The predicted molar refractivity (Wildman–Crippen MR) is 186 cm³/mol. The zero-order valence-electron chi connectivity index (χ0n) is 28.7. The van der Waals surface area contributed by atoms with E-state index in [-0.39, 0.29) is 0 Å². The van der Waals surface area contributed by atoms with Crippen LogP contribution in [-0.2, 0) is 14.9 Å². The maximum atomic E-state index is 12.5. The number of allylic oxidation sites excluding steroid dienone is 2. The number of rotatable bonds is 33. The Morgan fingerprint density at radius 3 is 1.36 bits per heavy atom. The number of amides is 1. The molecule has 0 aromatic carbocycles. The maximum absolute atomic E-state index is 12.5. The fourth-order valence-corrected chi connectivity index (χ4v) is 6.45. The Morgan fingerprint density at radius 1 is 0.591 bits per heavy atom. The highest BCUT2D eigenvalue weighted by Gasteiger charge is 2.28. The van der Waals surface area contributed by atoms with Crippen LogP contribution in [0.5, 0.6) is 0 Å². The number of unbranched alkanes of at least 4 members (excludes halogenated alkanes) is 22. The summed E-state index contributed by atoms with van der Waals surface area (Å²) in [7, 11) is -4.39. The summed E-state index contributed by atoms with van der Waals surface area (Å²) in [4.78, 5) is 12.5. The van der Waals surface area contributed by atoms with Crippen molar-refractivity contribution in [3.63, 3.8) is 0 Å². The molecule has 4 N–H and O–H groups in total. The zero-order chi connectivity index (χ0) is 32.7. The fourth-order valence-electron chi connectivity index (χ4n) is 5.69. The summed E-state index contributed by atoms with van der Waals surface area (Å²) in [6, 6.07) is -1.14. The lowest BCUT2D eigenvalue weighted by Gasteiger charge is -2.24. The lowest BCUT2D eigenvalue weighted by Crippen LogP contribution is -2.50. The van der Waals surface area contributed by atoms with Crippen molar-refractivity contribution in [2.45, 2.75) is 205 Å². The second kappa shape index (κ2) is 30.7. The van der Waals surface area contributed by atoms with Crippen molar-refractivity contribution in [2.75, 3.05) is 5.75 Å². The third-order valence-electron chi connectivity index (χ3n) is 8.58. The summed E-state index contributed by atoms with van der Waals surface area (Å²) in [6.45, 7) is 4.41. The molecule has 0 fully saturated rings. The van der Waals surface area contributed by atoms with Crippen LogP contribution in [0.15, 0.2) is 12.2 Å². The summed E-state index contributed by atoms with van der Waals surface area (Å²) in [5, 5.41) is 23.2. The minimum absolute atomic E-state index is 0.291. The summed E-state index contributed by atoms with van der Waals surface area (Å²) in [5.41, 5.74) is 0. The Morgan fingerprint density at radius 2 is 0.955 bits per heavy atom. The third-order valence-corrected chi connectivity index (χ3v) is 9.36. The number of aliphatic hydroxyl groups excluding tert-OH is 2. The van der Waals surface area contributed by atoms with E-state index >= 15 is 0 Å².